The molecule has 8 rings (SSSR count). The van der Waals surface area contributed by atoms with Gasteiger partial charge in [-0.1, -0.05) is 66.5 Å². The van der Waals surface area contributed by atoms with Crippen molar-refractivity contribution in [1.29, 1.82) is 0 Å². The predicted octanol–water partition coefficient (Wildman–Crippen LogP) is 9.03. The number of carbonyl (C=O) groups is 2. The number of unbranched alkanes of at least 4 members (excludes halogenated alkanes) is 2. The third-order valence-electron chi connectivity index (χ3n) is 13.8. The number of nitrogens with one attached hydrogen (secondary N) is 2. The SMILES string of the molecule is CC(C)(C)c1nc(C2CCC2)cc(N2CCN(CCCCNC(=O)c3ccc(F)cc3)CC2)n1.CC(C)(C)c1nc(C2CCC2)cc(N2CCN(CCCCNC(=O)c3ccccc3F)CC2)n1. The van der Waals surface area contributed by atoms with Gasteiger partial charge in [0.25, 0.3) is 11.8 Å². The lowest BCUT2D eigenvalue weighted by atomic mass is 9.82. The van der Waals surface area contributed by atoms with Crippen molar-refractivity contribution in [2.45, 2.75) is 128 Å². The van der Waals surface area contributed by atoms with Gasteiger partial charge in [-0.15, -0.1) is 0 Å². The predicted molar refractivity (Wildman–Crippen MR) is 268 cm³/mol. The van der Waals surface area contributed by atoms with E-state index in [4.69, 9.17) is 19.9 Å². The van der Waals surface area contributed by atoms with Crippen LogP contribution in [0.5, 0.6) is 0 Å². The molecule has 2 amide bonds. The number of halogens is 2. The van der Waals surface area contributed by atoms with E-state index in [1.165, 1.54) is 86.3 Å². The third kappa shape index (κ3) is 14.2. The number of aromatic nitrogens is 4. The lowest BCUT2D eigenvalue weighted by Gasteiger charge is -2.36. The number of amides is 2. The van der Waals surface area contributed by atoms with E-state index >= 15 is 0 Å². The van der Waals surface area contributed by atoms with Gasteiger partial charge < -0.3 is 20.4 Å². The zero-order valence-corrected chi connectivity index (χ0v) is 41.6. The molecule has 2 aromatic heterocycles. The second kappa shape index (κ2) is 23.5. The Morgan fingerprint density at radius 3 is 1.43 bits per heavy atom. The van der Waals surface area contributed by atoms with E-state index in [1.54, 1.807) is 12.1 Å². The molecule has 12 nitrogen and oxygen atoms in total. The van der Waals surface area contributed by atoms with Gasteiger partial charge in [-0.2, -0.15) is 0 Å². The van der Waals surface area contributed by atoms with Crippen molar-refractivity contribution in [2.75, 3.05) is 88.3 Å². The molecular formula is C54H76F2N10O2. The van der Waals surface area contributed by atoms with Crippen molar-refractivity contribution in [2.24, 2.45) is 0 Å². The van der Waals surface area contributed by atoms with Crippen molar-refractivity contribution in [3.05, 3.63) is 106 Å². The number of hydrogen-bond donors (Lipinski definition) is 2. The van der Waals surface area contributed by atoms with E-state index in [1.807, 2.05) is 0 Å². The molecule has 4 fully saturated rings. The Morgan fingerprint density at radius 1 is 0.574 bits per heavy atom. The number of nitrogens with zero attached hydrogens (tertiary/aromatic N) is 8. The molecule has 0 bridgehead atoms. The third-order valence-corrected chi connectivity index (χ3v) is 13.8. The van der Waals surface area contributed by atoms with Crippen LogP contribution >= 0.6 is 0 Å². The lowest BCUT2D eigenvalue weighted by molar-refractivity contribution is 0.0942. The molecule has 4 aromatic rings. The molecule has 14 heteroatoms. The van der Waals surface area contributed by atoms with Crippen molar-refractivity contribution in [1.82, 2.24) is 40.4 Å². The van der Waals surface area contributed by atoms with Gasteiger partial charge in [0.15, 0.2) is 0 Å². The molecule has 2 saturated carbocycles. The van der Waals surface area contributed by atoms with Crippen molar-refractivity contribution in [3.8, 4) is 0 Å². The van der Waals surface area contributed by atoms with E-state index in [0.717, 1.165) is 114 Å². The quantitative estimate of drug-likeness (QED) is 0.105. The zero-order valence-electron chi connectivity index (χ0n) is 41.6. The summed E-state index contributed by atoms with van der Waals surface area (Å²) in [7, 11) is 0. The Labute approximate surface area is 404 Å². The van der Waals surface area contributed by atoms with Crippen molar-refractivity contribution < 1.29 is 18.4 Å². The van der Waals surface area contributed by atoms with Crippen LogP contribution < -0.4 is 20.4 Å². The topological polar surface area (TPSA) is 123 Å². The molecule has 368 valence electrons. The number of rotatable bonds is 16. The summed E-state index contributed by atoms with van der Waals surface area (Å²) in [6.07, 6.45) is 11.5. The molecule has 2 aromatic carbocycles. The molecule has 2 aliphatic heterocycles. The average Bonchev–Trinajstić information content (AvgIpc) is 3.28. The average molecular weight is 935 g/mol. The number of benzene rings is 2. The summed E-state index contributed by atoms with van der Waals surface area (Å²) < 4.78 is 26.7. The summed E-state index contributed by atoms with van der Waals surface area (Å²) in [5.74, 6) is 3.99. The highest BCUT2D eigenvalue weighted by Crippen LogP contribution is 2.38. The van der Waals surface area contributed by atoms with Gasteiger partial charge in [0.1, 0.15) is 34.9 Å². The minimum atomic E-state index is -0.476. The Bertz CT molecular complexity index is 2260. The highest BCUT2D eigenvalue weighted by Gasteiger charge is 2.30. The smallest absolute Gasteiger partial charge is 0.254 e. The van der Waals surface area contributed by atoms with Gasteiger partial charge >= 0.3 is 0 Å². The maximum Gasteiger partial charge on any atom is 0.254 e. The first-order valence-electron chi connectivity index (χ1n) is 25.4. The summed E-state index contributed by atoms with van der Waals surface area (Å²) >= 11 is 0. The van der Waals surface area contributed by atoms with E-state index in [9.17, 15) is 18.4 Å². The molecular weight excluding hydrogens is 859 g/mol. The van der Waals surface area contributed by atoms with Crippen LogP contribution in [0.1, 0.15) is 161 Å². The lowest BCUT2D eigenvalue weighted by Crippen LogP contribution is -2.47. The van der Waals surface area contributed by atoms with E-state index in [0.29, 0.717) is 30.5 Å². The molecule has 2 aliphatic carbocycles. The first-order valence-corrected chi connectivity index (χ1v) is 25.4. The molecule has 2 saturated heterocycles. The zero-order chi connectivity index (χ0) is 48.3. The minimum absolute atomic E-state index is 0.0531. The fourth-order valence-electron chi connectivity index (χ4n) is 8.90. The second-order valence-electron chi connectivity index (χ2n) is 21.3. The maximum absolute atomic E-state index is 13.7. The Morgan fingerprint density at radius 2 is 1.01 bits per heavy atom. The Hall–Kier alpha value is -5.08. The van der Waals surface area contributed by atoms with E-state index < -0.39 is 5.82 Å². The Balaban J connectivity index is 0.000000201. The maximum atomic E-state index is 13.7. The Kier molecular flexibility index (Phi) is 17.5. The van der Waals surface area contributed by atoms with Crippen LogP contribution in [0.3, 0.4) is 0 Å². The molecule has 0 radical (unpaired) electrons. The molecule has 0 spiro atoms. The number of piperazine rings is 2. The number of hydrogen-bond acceptors (Lipinski definition) is 10. The van der Waals surface area contributed by atoms with Crippen LogP contribution in [0.25, 0.3) is 0 Å². The fraction of sp³-hybridized carbons (Fsp3) is 0.593. The van der Waals surface area contributed by atoms with Gasteiger partial charge in [-0.3, -0.25) is 19.4 Å². The van der Waals surface area contributed by atoms with Crippen LogP contribution in [0.15, 0.2) is 60.7 Å². The van der Waals surface area contributed by atoms with Gasteiger partial charge in [-0.05, 0) is 101 Å². The van der Waals surface area contributed by atoms with Crippen LogP contribution in [-0.2, 0) is 10.8 Å². The molecule has 0 atom stereocenters. The molecule has 4 heterocycles. The fourth-order valence-corrected chi connectivity index (χ4v) is 8.90. The van der Waals surface area contributed by atoms with Crippen LogP contribution in [-0.4, -0.2) is 120 Å². The second-order valence-corrected chi connectivity index (χ2v) is 21.3. The van der Waals surface area contributed by atoms with Gasteiger partial charge in [0.05, 0.1) is 5.56 Å². The first kappa shape index (κ1) is 50.8. The van der Waals surface area contributed by atoms with E-state index in [-0.39, 0.29) is 34.0 Å². The minimum Gasteiger partial charge on any atom is -0.354 e. The van der Waals surface area contributed by atoms with Gasteiger partial charge in [-0.25, -0.2) is 28.7 Å². The van der Waals surface area contributed by atoms with Crippen LogP contribution in [0.2, 0.25) is 0 Å². The summed E-state index contributed by atoms with van der Waals surface area (Å²) in [4.78, 5) is 53.8. The summed E-state index contributed by atoms with van der Waals surface area (Å²) in [6, 6.07) is 16.2. The molecule has 68 heavy (non-hydrogen) atoms. The standard InChI is InChI=1S/2C27H38FN5O/c1-27(2,3)26-30-23(20-9-8-10-20)19-24(31-26)33-17-15-32(16-18-33)14-7-6-13-29-25(34)21-11-4-5-12-22(21)28;1-27(2,3)26-30-23(20-7-6-8-20)19-24(31-26)33-17-15-32(16-18-33)14-5-4-13-29-25(34)21-9-11-22(28)12-10-21/h4-5,11-12,19-20H,6-10,13-18H2,1-3H3,(H,29,34);9-12,19-20H,4-8,13-18H2,1-3H3,(H,29,34). The van der Waals surface area contributed by atoms with E-state index in [2.05, 4.69) is 83.9 Å². The summed E-state index contributed by atoms with van der Waals surface area (Å²) in [5, 5.41) is 5.75. The normalized spacial score (nSPS) is 17.5. The summed E-state index contributed by atoms with van der Waals surface area (Å²) in [6.45, 7) is 24.3. The highest BCUT2D eigenvalue weighted by molar-refractivity contribution is 5.94. The largest absolute Gasteiger partial charge is 0.354 e. The molecule has 2 N–H and O–H groups in total. The van der Waals surface area contributed by atoms with Crippen LogP contribution in [0, 0.1) is 11.6 Å². The number of anilines is 2. The summed E-state index contributed by atoms with van der Waals surface area (Å²) in [5.41, 5.74) is 2.95. The van der Waals surface area contributed by atoms with Crippen molar-refractivity contribution >= 4 is 23.5 Å². The first-order chi connectivity index (χ1) is 32.6. The van der Waals surface area contributed by atoms with Gasteiger partial charge in [0, 0.05) is 117 Å². The highest BCUT2D eigenvalue weighted by atomic mass is 19.1. The number of carbonyl (C=O) groups excluding carboxylic acids is 2. The monoisotopic (exact) mass is 935 g/mol. The molecule has 0 unspecified atom stereocenters. The molecule has 4 aliphatic rings. The van der Waals surface area contributed by atoms with Crippen molar-refractivity contribution in [3.63, 3.8) is 0 Å². The van der Waals surface area contributed by atoms with Gasteiger partial charge in [0.2, 0.25) is 0 Å². The van der Waals surface area contributed by atoms with Crippen LogP contribution in [0.4, 0.5) is 20.4 Å².